The molecule has 1 aliphatic rings. The van der Waals surface area contributed by atoms with Crippen LogP contribution in [-0.4, -0.2) is 27.9 Å². The largest absolute Gasteiger partial charge is 0.385 e. The van der Waals surface area contributed by atoms with Crippen molar-refractivity contribution in [3.63, 3.8) is 0 Å². The van der Waals surface area contributed by atoms with E-state index >= 15 is 0 Å². The molecule has 6 nitrogen and oxygen atoms in total. The zero-order valence-electron chi connectivity index (χ0n) is 16.8. The predicted octanol–water partition coefficient (Wildman–Crippen LogP) is 3.77. The van der Waals surface area contributed by atoms with Gasteiger partial charge in [0, 0.05) is 24.3 Å². The summed E-state index contributed by atoms with van der Waals surface area (Å²) in [6.07, 6.45) is 6.20. The van der Waals surface area contributed by atoms with Gasteiger partial charge in [-0.05, 0) is 74.2 Å². The first kappa shape index (κ1) is 21.3. The smallest absolute Gasteiger partial charge is 0.240 e. The van der Waals surface area contributed by atoms with E-state index in [2.05, 4.69) is 15.4 Å². The predicted molar refractivity (Wildman–Crippen MR) is 117 cm³/mol. The molecule has 0 aromatic heterocycles. The molecule has 1 fully saturated rings. The summed E-state index contributed by atoms with van der Waals surface area (Å²) in [5, 5.41) is 6.38. The Morgan fingerprint density at radius 2 is 1.59 bits per heavy atom. The molecule has 0 bridgehead atoms. The number of aryl methyl sites for hydroxylation is 1. The standard InChI is InChI=1S/C22H29N3O3S/c1-23-29(27,28)21-13-6-17(7-14-21)8-15-22(26)25-20-11-9-19(10-12-20)24-16-18-4-2-3-5-18/h6-7,9-14,18,23-24H,2-5,8,15-16H2,1H3,(H,25,26). The second kappa shape index (κ2) is 9.89. The Morgan fingerprint density at radius 3 is 2.21 bits per heavy atom. The van der Waals surface area contributed by atoms with E-state index in [1.165, 1.54) is 32.7 Å². The average molecular weight is 416 g/mol. The van der Waals surface area contributed by atoms with Crippen LogP contribution in [0, 0.1) is 5.92 Å². The number of anilines is 2. The van der Waals surface area contributed by atoms with Gasteiger partial charge in [0.15, 0.2) is 0 Å². The van der Waals surface area contributed by atoms with Crippen molar-refractivity contribution in [2.45, 2.75) is 43.4 Å². The lowest BCUT2D eigenvalue weighted by Gasteiger charge is -2.12. The van der Waals surface area contributed by atoms with E-state index in [-0.39, 0.29) is 10.8 Å². The zero-order chi connectivity index (χ0) is 20.7. The Labute approximate surface area is 173 Å². The van der Waals surface area contributed by atoms with Crippen LogP contribution in [0.4, 0.5) is 11.4 Å². The van der Waals surface area contributed by atoms with Gasteiger partial charge in [-0.1, -0.05) is 25.0 Å². The summed E-state index contributed by atoms with van der Waals surface area (Å²) in [4.78, 5) is 12.4. The molecule has 2 aromatic carbocycles. The number of benzene rings is 2. The first-order valence-electron chi connectivity index (χ1n) is 10.1. The highest BCUT2D eigenvalue weighted by atomic mass is 32.2. The third kappa shape index (κ3) is 6.30. The fraction of sp³-hybridized carbons (Fsp3) is 0.409. The molecule has 1 saturated carbocycles. The minimum atomic E-state index is -3.43. The normalized spacial score (nSPS) is 14.7. The van der Waals surface area contributed by atoms with Crippen molar-refractivity contribution in [1.29, 1.82) is 0 Å². The Bertz CT molecular complexity index is 903. The first-order chi connectivity index (χ1) is 14.0. The first-order valence-corrected chi connectivity index (χ1v) is 11.6. The van der Waals surface area contributed by atoms with Gasteiger partial charge in [-0.25, -0.2) is 13.1 Å². The minimum Gasteiger partial charge on any atom is -0.385 e. The molecule has 0 radical (unpaired) electrons. The summed E-state index contributed by atoms with van der Waals surface area (Å²) in [6.45, 7) is 1.01. The van der Waals surface area contributed by atoms with Crippen molar-refractivity contribution in [3.05, 3.63) is 54.1 Å². The Balaban J connectivity index is 1.44. The zero-order valence-corrected chi connectivity index (χ0v) is 17.6. The highest BCUT2D eigenvalue weighted by Crippen LogP contribution is 2.25. The fourth-order valence-electron chi connectivity index (χ4n) is 3.58. The second-order valence-electron chi connectivity index (χ2n) is 7.51. The topological polar surface area (TPSA) is 87.3 Å². The molecule has 0 spiro atoms. The number of rotatable bonds is 9. The summed E-state index contributed by atoms with van der Waals surface area (Å²) in [5.41, 5.74) is 2.77. The van der Waals surface area contributed by atoms with E-state index < -0.39 is 10.0 Å². The number of hydrogen-bond acceptors (Lipinski definition) is 4. The maximum Gasteiger partial charge on any atom is 0.240 e. The van der Waals surface area contributed by atoms with Crippen molar-refractivity contribution in [1.82, 2.24) is 4.72 Å². The fourth-order valence-corrected chi connectivity index (χ4v) is 4.31. The second-order valence-corrected chi connectivity index (χ2v) is 9.39. The summed E-state index contributed by atoms with van der Waals surface area (Å²) < 4.78 is 25.8. The number of sulfonamides is 1. The minimum absolute atomic E-state index is 0.0661. The van der Waals surface area contributed by atoms with Gasteiger partial charge in [0.05, 0.1) is 4.90 Å². The van der Waals surface area contributed by atoms with Crippen LogP contribution >= 0.6 is 0 Å². The molecule has 7 heteroatoms. The maximum atomic E-state index is 12.2. The lowest BCUT2D eigenvalue weighted by molar-refractivity contribution is -0.116. The van der Waals surface area contributed by atoms with E-state index in [1.807, 2.05) is 24.3 Å². The molecule has 0 aliphatic heterocycles. The van der Waals surface area contributed by atoms with E-state index in [0.29, 0.717) is 12.8 Å². The highest BCUT2D eigenvalue weighted by Gasteiger charge is 2.14. The van der Waals surface area contributed by atoms with Gasteiger partial charge in [0.2, 0.25) is 15.9 Å². The molecular formula is C22H29N3O3S. The van der Waals surface area contributed by atoms with Crippen molar-refractivity contribution >= 4 is 27.3 Å². The molecule has 0 atom stereocenters. The van der Waals surface area contributed by atoms with Crippen molar-refractivity contribution < 1.29 is 13.2 Å². The van der Waals surface area contributed by atoms with Gasteiger partial charge < -0.3 is 10.6 Å². The van der Waals surface area contributed by atoms with Crippen LogP contribution in [0.15, 0.2) is 53.4 Å². The third-order valence-corrected chi connectivity index (χ3v) is 6.81. The molecule has 29 heavy (non-hydrogen) atoms. The van der Waals surface area contributed by atoms with Gasteiger partial charge in [0.1, 0.15) is 0 Å². The molecule has 1 aliphatic carbocycles. The summed E-state index contributed by atoms with van der Waals surface area (Å²) >= 11 is 0. The average Bonchev–Trinajstić information content (AvgIpc) is 3.26. The highest BCUT2D eigenvalue weighted by molar-refractivity contribution is 7.89. The monoisotopic (exact) mass is 415 g/mol. The lowest BCUT2D eigenvalue weighted by Crippen LogP contribution is -2.18. The summed E-state index contributed by atoms with van der Waals surface area (Å²) in [7, 11) is -2.05. The molecule has 1 amide bonds. The van der Waals surface area contributed by atoms with Crippen LogP contribution in [0.1, 0.15) is 37.7 Å². The molecule has 0 unspecified atom stereocenters. The van der Waals surface area contributed by atoms with Crippen LogP contribution in [-0.2, 0) is 21.2 Å². The van der Waals surface area contributed by atoms with Crippen molar-refractivity contribution in [3.8, 4) is 0 Å². The number of amides is 1. The molecule has 156 valence electrons. The van der Waals surface area contributed by atoms with Crippen molar-refractivity contribution in [2.24, 2.45) is 5.92 Å². The summed E-state index contributed by atoms with van der Waals surface area (Å²) in [5.74, 6) is 0.713. The number of carbonyl (C=O) groups excluding carboxylic acids is 1. The quantitative estimate of drug-likeness (QED) is 0.582. The molecule has 3 rings (SSSR count). The van der Waals surface area contributed by atoms with Crippen LogP contribution in [0.5, 0.6) is 0 Å². The van der Waals surface area contributed by atoms with Crippen LogP contribution in [0.3, 0.4) is 0 Å². The lowest BCUT2D eigenvalue weighted by atomic mass is 10.1. The molecule has 0 saturated heterocycles. The van der Waals surface area contributed by atoms with Gasteiger partial charge in [0.25, 0.3) is 0 Å². The SMILES string of the molecule is CNS(=O)(=O)c1ccc(CCC(=O)Nc2ccc(NCC3CCCC3)cc2)cc1. The van der Waals surface area contributed by atoms with E-state index in [4.69, 9.17) is 0 Å². The van der Waals surface area contributed by atoms with Crippen LogP contribution < -0.4 is 15.4 Å². The maximum absolute atomic E-state index is 12.2. The molecule has 0 heterocycles. The van der Waals surface area contributed by atoms with Crippen molar-refractivity contribution in [2.75, 3.05) is 24.2 Å². The summed E-state index contributed by atoms with van der Waals surface area (Å²) in [6, 6.07) is 14.4. The third-order valence-electron chi connectivity index (χ3n) is 5.38. The number of nitrogens with one attached hydrogen (secondary N) is 3. The van der Waals surface area contributed by atoms with Gasteiger partial charge in [-0.15, -0.1) is 0 Å². The molecular weight excluding hydrogens is 386 g/mol. The Hall–Kier alpha value is -2.38. The van der Waals surface area contributed by atoms with E-state index in [9.17, 15) is 13.2 Å². The van der Waals surface area contributed by atoms with E-state index in [0.717, 1.165) is 29.4 Å². The number of carbonyl (C=O) groups is 1. The van der Waals surface area contributed by atoms with Crippen LogP contribution in [0.2, 0.25) is 0 Å². The van der Waals surface area contributed by atoms with Gasteiger partial charge in [-0.3, -0.25) is 4.79 Å². The Morgan fingerprint density at radius 1 is 0.966 bits per heavy atom. The molecule has 3 N–H and O–H groups in total. The molecule has 2 aromatic rings. The van der Waals surface area contributed by atoms with Crippen LogP contribution in [0.25, 0.3) is 0 Å². The van der Waals surface area contributed by atoms with E-state index in [1.54, 1.807) is 24.3 Å². The van der Waals surface area contributed by atoms with Gasteiger partial charge >= 0.3 is 0 Å². The Kier molecular flexibility index (Phi) is 7.28. The van der Waals surface area contributed by atoms with Gasteiger partial charge in [-0.2, -0.15) is 0 Å². The number of hydrogen-bond donors (Lipinski definition) is 3.